The Labute approximate surface area is 142 Å². The number of carbonyl (C=O) groups is 1. The van der Waals surface area contributed by atoms with Gasteiger partial charge in [-0.05, 0) is 26.0 Å². The summed E-state index contributed by atoms with van der Waals surface area (Å²) in [4.78, 5) is 20.2. The Hall–Kier alpha value is -1.60. The maximum absolute atomic E-state index is 11.7. The molecule has 0 aromatic carbocycles. The molecule has 23 heavy (non-hydrogen) atoms. The maximum atomic E-state index is 11.7. The van der Waals surface area contributed by atoms with Crippen molar-refractivity contribution in [3.8, 4) is 0 Å². The van der Waals surface area contributed by atoms with Gasteiger partial charge >= 0.3 is 0 Å². The second-order valence-corrected chi connectivity index (χ2v) is 7.01. The second-order valence-electron chi connectivity index (χ2n) is 5.63. The number of carbonyl (C=O) groups excluding carboxylic acids is 1. The number of nitrogens with zero attached hydrogens (tertiary/aromatic N) is 2. The van der Waals surface area contributed by atoms with Gasteiger partial charge < -0.3 is 20.3 Å². The molecule has 130 valence electrons. The predicted molar refractivity (Wildman–Crippen MR) is 96.2 cm³/mol. The fourth-order valence-corrected chi connectivity index (χ4v) is 2.91. The van der Waals surface area contributed by atoms with Gasteiger partial charge in [-0.2, -0.15) is 0 Å². The summed E-state index contributed by atoms with van der Waals surface area (Å²) in [7, 11) is 5.11. The molecule has 1 unspecified atom stereocenters. The van der Waals surface area contributed by atoms with Crippen LogP contribution in [0.3, 0.4) is 0 Å². The van der Waals surface area contributed by atoms with Gasteiger partial charge in [0, 0.05) is 50.0 Å². The molecule has 1 amide bonds. The molecule has 0 bridgehead atoms. The third-order valence-corrected chi connectivity index (χ3v) is 4.18. The number of aliphatic imine (C=N–C) groups is 1. The Balaban J connectivity index is 2.59. The van der Waals surface area contributed by atoms with Crippen LogP contribution in [0.4, 0.5) is 0 Å². The smallest absolute Gasteiger partial charge is 0.243 e. The van der Waals surface area contributed by atoms with Crippen molar-refractivity contribution in [3.63, 3.8) is 0 Å². The highest BCUT2D eigenvalue weighted by Crippen LogP contribution is 2.16. The molecule has 1 heterocycles. The Morgan fingerprint density at radius 2 is 2.17 bits per heavy atom. The highest BCUT2D eigenvalue weighted by molar-refractivity contribution is 7.11. The largest absolute Gasteiger partial charge is 0.383 e. The van der Waals surface area contributed by atoms with Gasteiger partial charge in [0.05, 0.1) is 6.61 Å². The highest BCUT2D eigenvalue weighted by atomic mass is 32.1. The van der Waals surface area contributed by atoms with E-state index in [1.54, 1.807) is 32.5 Å². The molecule has 0 fully saturated rings. The van der Waals surface area contributed by atoms with Crippen LogP contribution in [0.1, 0.15) is 16.7 Å². The van der Waals surface area contributed by atoms with Gasteiger partial charge in [-0.1, -0.05) is 0 Å². The lowest BCUT2D eigenvalue weighted by atomic mass is 10.2. The summed E-state index contributed by atoms with van der Waals surface area (Å²) < 4.78 is 5.04. The molecular weight excluding hydrogens is 312 g/mol. The minimum absolute atomic E-state index is 0.0284. The van der Waals surface area contributed by atoms with E-state index in [4.69, 9.17) is 4.74 Å². The molecule has 6 nitrogen and oxygen atoms in total. The van der Waals surface area contributed by atoms with E-state index in [1.165, 1.54) is 14.7 Å². The van der Waals surface area contributed by atoms with Crippen LogP contribution in [0.15, 0.2) is 17.1 Å². The van der Waals surface area contributed by atoms with E-state index < -0.39 is 0 Å². The van der Waals surface area contributed by atoms with E-state index in [-0.39, 0.29) is 18.5 Å². The molecule has 0 aliphatic carbocycles. The maximum Gasteiger partial charge on any atom is 0.243 e. The van der Waals surface area contributed by atoms with Crippen LogP contribution in [-0.4, -0.2) is 63.7 Å². The molecular formula is C16H28N4O2S. The molecule has 2 N–H and O–H groups in total. The summed E-state index contributed by atoms with van der Waals surface area (Å²) >= 11 is 1.81. The van der Waals surface area contributed by atoms with E-state index in [0.717, 1.165) is 6.42 Å². The molecule has 1 aromatic rings. The van der Waals surface area contributed by atoms with Gasteiger partial charge in [-0.3, -0.25) is 4.79 Å². The minimum Gasteiger partial charge on any atom is -0.383 e. The molecule has 7 heteroatoms. The monoisotopic (exact) mass is 340 g/mol. The fourth-order valence-electron chi connectivity index (χ4n) is 1.89. The summed E-state index contributed by atoms with van der Waals surface area (Å²) in [5.41, 5.74) is 0. The first-order valence-electron chi connectivity index (χ1n) is 7.71. The average Bonchev–Trinajstić information content (AvgIpc) is 2.89. The number of ether oxygens (including phenoxy) is 1. The van der Waals surface area contributed by atoms with E-state index in [2.05, 4.69) is 41.6 Å². The van der Waals surface area contributed by atoms with Crippen molar-refractivity contribution in [1.29, 1.82) is 0 Å². The van der Waals surface area contributed by atoms with Crippen molar-refractivity contribution >= 4 is 23.2 Å². The number of guanidine groups is 1. The fraction of sp³-hybridized carbons (Fsp3) is 0.625. The van der Waals surface area contributed by atoms with Crippen molar-refractivity contribution in [3.05, 3.63) is 21.9 Å². The molecule has 0 saturated carbocycles. The first-order valence-corrected chi connectivity index (χ1v) is 8.53. The van der Waals surface area contributed by atoms with Crippen molar-refractivity contribution in [2.24, 2.45) is 4.99 Å². The number of methoxy groups -OCH3 is 1. The number of nitrogens with one attached hydrogen (secondary N) is 2. The molecule has 1 atom stereocenters. The second kappa shape index (κ2) is 10.2. The summed E-state index contributed by atoms with van der Waals surface area (Å²) in [5.74, 6) is 0.609. The van der Waals surface area contributed by atoms with Crippen LogP contribution in [0, 0.1) is 6.92 Å². The molecule has 0 saturated heterocycles. The van der Waals surface area contributed by atoms with E-state index in [9.17, 15) is 4.79 Å². The summed E-state index contributed by atoms with van der Waals surface area (Å²) in [6, 6.07) is 4.51. The van der Waals surface area contributed by atoms with Crippen molar-refractivity contribution in [2.75, 3.05) is 40.9 Å². The number of thiophene rings is 1. The summed E-state index contributed by atoms with van der Waals surface area (Å²) in [6.45, 7) is 5.57. The number of hydrogen-bond donors (Lipinski definition) is 2. The third kappa shape index (κ3) is 7.99. The van der Waals surface area contributed by atoms with E-state index in [0.29, 0.717) is 19.1 Å². The van der Waals surface area contributed by atoms with Crippen molar-refractivity contribution < 1.29 is 9.53 Å². The molecule has 0 aliphatic heterocycles. The lowest BCUT2D eigenvalue weighted by molar-refractivity contribution is -0.127. The van der Waals surface area contributed by atoms with Gasteiger partial charge in [0.2, 0.25) is 5.91 Å². The molecule has 0 spiro atoms. The van der Waals surface area contributed by atoms with Crippen molar-refractivity contribution in [1.82, 2.24) is 15.5 Å². The quantitative estimate of drug-likeness (QED) is 0.425. The van der Waals surface area contributed by atoms with E-state index in [1.807, 2.05) is 0 Å². The Morgan fingerprint density at radius 3 is 2.74 bits per heavy atom. The number of aryl methyl sites for hydroxylation is 1. The van der Waals surface area contributed by atoms with Crippen LogP contribution in [0.2, 0.25) is 0 Å². The first kappa shape index (κ1) is 19.4. The van der Waals surface area contributed by atoms with Crippen LogP contribution in [0.5, 0.6) is 0 Å². The third-order valence-electron chi connectivity index (χ3n) is 3.16. The topological polar surface area (TPSA) is 66.0 Å². The van der Waals surface area contributed by atoms with Crippen LogP contribution in [0.25, 0.3) is 0 Å². The zero-order chi connectivity index (χ0) is 17.2. The van der Waals surface area contributed by atoms with E-state index >= 15 is 0 Å². The molecule has 1 rings (SSSR count). The molecule has 0 radical (unpaired) electrons. The number of likely N-dealkylation sites (N-methyl/N-ethyl adjacent to an activating group) is 1. The lowest BCUT2D eigenvalue weighted by Crippen LogP contribution is -2.44. The van der Waals surface area contributed by atoms with Gasteiger partial charge in [0.15, 0.2) is 5.96 Å². The summed E-state index contributed by atoms with van der Waals surface area (Å²) in [5, 5.41) is 6.53. The Kier molecular flexibility index (Phi) is 8.65. The highest BCUT2D eigenvalue weighted by Gasteiger charge is 2.09. The zero-order valence-electron chi connectivity index (χ0n) is 14.7. The van der Waals surface area contributed by atoms with Gasteiger partial charge in [-0.15, -0.1) is 11.3 Å². The van der Waals surface area contributed by atoms with Crippen molar-refractivity contribution in [2.45, 2.75) is 26.3 Å². The number of rotatable bonds is 8. The number of hydrogen-bond acceptors (Lipinski definition) is 4. The summed E-state index contributed by atoms with van der Waals surface area (Å²) in [6.07, 6.45) is 0.922. The number of amides is 1. The molecule has 0 aliphatic rings. The predicted octanol–water partition coefficient (Wildman–Crippen LogP) is 1.26. The lowest BCUT2D eigenvalue weighted by Gasteiger charge is -2.18. The average molecular weight is 340 g/mol. The normalized spacial score (nSPS) is 12.8. The van der Waals surface area contributed by atoms with Gasteiger partial charge in [0.1, 0.15) is 6.54 Å². The first-order chi connectivity index (χ1) is 10.9. The van der Waals surface area contributed by atoms with Crippen LogP contribution < -0.4 is 10.6 Å². The molecule has 1 aromatic heterocycles. The zero-order valence-corrected chi connectivity index (χ0v) is 15.5. The van der Waals surface area contributed by atoms with Gasteiger partial charge in [-0.25, -0.2) is 4.99 Å². The Bertz CT molecular complexity index is 514. The van der Waals surface area contributed by atoms with Gasteiger partial charge in [0.25, 0.3) is 0 Å². The Morgan fingerprint density at radius 1 is 1.43 bits per heavy atom. The van der Waals surface area contributed by atoms with Crippen LogP contribution >= 0.6 is 11.3 Å². The van der Waals surface area contributed by atoms with Crippen LogP contribution in [-0.2, 0) is 16.0 Å². The minimum atomic E-state index is -0.0284. The SMILES string of the molecule is COCCNC(=NCC(=O)N(C)C)NC(C)Cc1ccc(C)s1. The standard InChI is InChI=1S/C16H28N4O2S/c1-12(10-14-7-6-13(2)23-14)19-16(17-8-9-22-5)18-11-15(21)20(3)4/h6-7,12H,8-11H2,1-5H3,(H2,17,18,19).